The third-order valence-corrected chi connectivity index (χ3v) is 3.31. The van der Waals surface area contributed by atoms with E-state index < -0.39 is 11.8 Å². The zero-order chi connectivity index (χ0) is 15.9. The standard InChI is InChI=1S/C15H16ClN3O3/c1-19-8-4-7-13(19)15(21)18-17-14(20)10-22-9-11-5-2-3-6-12(11)16/h2-8H,9-10H2,1H3,(H,17,20)(H,18,21). The van der Waals surface area contributed by atoms with Crippen LogP contribution in [0.5, 0.6) is 0 Å². The minimum absolute atomic E-state index is 0.182. The molecule has 0 aliphatic rings. The SMILES string of the molecule is Cn1cccc1C(=O)NNC(=O)COCc1ccccc1Cl. The summed E-state index contributed by atoms with van der Waals surface area (Å²) in [4.78, 5) is 23.4. The molecule has 0 aliphatic heterocycles. The summed E-state index contributed by atoms with van der Waals surface area (Å²) in [5.74, 6) is -0.846. The summed E-state index contributed by atoms with van der Waals surface area (Å²) in [6, 6.07) is 10.6. The van der Waals surface area contributed by atoms with Gasteiger partial charge in [-0.3, -0.25) is 20.4 Å². The predicted molar refractivity (Wildman–Crippen MR) is 82.1 cm³/mol. The van der Waals surface area contributed by atoms with Crippen molar-refractivity contribution in [2.75, 3.05) is 6.61 Å². The molecule has 7 heteroatoms. The molecule has 2 rings (SSSR count). The maximum absolute atomic E-state index is 11.8. The lowest BCUT2D eigenvalue weighted by atomic mass is 10.2. The maximum atomic E-state index is 11.8. The minimum atomic E-state index is -0.449. The molecule has 0 aliphatic carbocycles. The van der Waals surface area contributed by atoms with Crippen molar-refractivity contribution in [3.63, 3.8) is 0 Å². The van der Waals surface area contributed by atoms with Gasteiger partial charge in [-0.15, -0.1) is 0 Å². The number of hydrazine groups is 1. The Bertz CT molecular complexity index is 670. The van der Waals surface area contributed by atoms with Crippen LogP contribution in [0.4, 0.5) is 0 Å². The minimum Gasteiger partial charge on any atom is -0.367 e. The number of carbonyl (C=O) groups is 2. The Morgan fingerprint density at radius 3 is 2.64 bits per heavy atom. The molecule has 0 saturated carbocycles. The van der Waals surface area contributed by atoms with Gasteiger partial charge >= 0.3 is 0 Å². The van der Waals surface area contributed by atoms with E-state index >= 15 is 0 Å². The fraction of sp³-hybridized carbons (Fsp3) is 0.200. The van der Waals surface area contributed by atoms with Crippen LogP contribution in [0, 0.1) is 0 Å². The van der Waals surface area contributed by atoms with Gasteiger partial charge in [-0.2, -0.15) is 0 Å². The molecule has 2 amide bonds. The number of aryl methyl sites for hydroxylation is 1. The van der Waals surface area contributed by atoms with Crippen molar-refractivity contribution in [1.29, 1.82) is 0 Å². The molecule has 0 atom stereocenters. The highest BCUT2D eigenvalue weighted by molar-refractivity contribution is 6.31. The van der Waals surface area contributed by atoms with Crippen molar-refractivity contribution in [1.82, 2.24) is 15.4 Å². The average molecular weight is 322 g/mol. The number of nitrogens with one attached hydrogen (secondary N) is 2. The van der Waals surface area contributed by atoms with Gasteiger partial charge in [-0.05, 0) is 23.8 Å². The smallest absolute Gasteiger partial charge is 0.286 e. The number of carbonyl (C=O) groups excluding carboxylic acids is 2. The van der Waals surface area contributed by atoms with Crippen LogP contribution in [0.15, 0.2) is 42.6 Å². The van der Waals surface area contributed by atoms with Crippen LogP contribution in [-0.4, -0.2) is 23.0 Å². The molecule has 116 valence electrons. The van der Waals surface area contributed by atoms with Gasteiger partial charge in [0.2, 0.25) is 0 Å². The fourth-order valence-electron chi connectivity index (χ4n) is 1.79. The number of ether oxygens (including phenoxy) is 1. The molecule has 6 nitrogen and oxygen atoms in total. The van der Waals surface area contributed by atoms with Crippen LogP contribution in [-0.2, 0) is 23.2 Å². The molecule has 0 unspecified atom stereocenters. The normalized spacial score (nSPS) is 10.3. The summed E-state index contributed by atoms with van der Waals surface area (Å²) < 4.78 is 6.90. The lowest BCUT2D eigenvalue weighted by molar-refractivity contribution is -0.126. The quantitative estimate of drug-likeness (QED) is 0.823. The molecule has 0 saturated heterocycles. The van der Waals surface area contributed by atoms with Crippen LogP contribution >= 0.6 is 11.6 Å². The van der Waals surface area contributed by atoms with Gasteiger partial charge < -0.3 is 9.30 Å². The van der Waals surface area contributed by atoms with E-state index in [1.54, 1.807) is 36.0 Å². The van der Waals surface area contributed by atoms with Crippen molar-refractivity contribution in [3.8, 4) is 0 Å². The van der Waals surface area contributed by atoms with Gasteiger partial charge in [0.15, 0.2) is 0 Å². The largest absolute Gasteiger partial charge is 0.367 e. The van der Waals surface area contributed by atoms with Crippen molar-refractivity contribution < 1.29 is 14.3 Å². The Kier molecular flexibility index (Phi) is 5.57. The topological polar surface area (TPSA) is 72.4 Å². The number of hydrogen-bond acceptors (Lipinski definition) is 3. The first kappa shape index (κ1) is 16.1. The number of nitrogens with zero attached hydrogens (tertiary/aromatic N) is 1. The number of aromatic nitrogens is 1. The van der Waals surface area contributed by atoms with E-state index in [0.717, 1.165) is 5.56 Å². The maximum Gasteiger partial charge on any atom is 0.286 e. The summed E-state index contributed by atoms with van der Waals surface area (Å²) in [6.45, 7) is 0.0392. The second kappa shape index (κ2) is 7.63. The highest BCUT2D eigenvalue weighted by Gasteiger charge is 2.10. The second-order valence-corrected chi connectivity index (χ2v) is 5.00. The Labute approximate surface area is 133 Å². The molecule has 0 radical (unpaired) electrons. The molecule has 2 N–H and O–H groups in total. The summed E-state index contributed by atoms with van der Waals surface area (Å²) in [5, 5.41) is 0.583. The van der Waals surface area contributed by atoms with E-state index in [4.69, 9.17) is 16.3 Å². The van der Waals surface area contributed by atoms with Gasteiger partial charge in [0.05, 0.1) is 6.61 Å². The van der Waals surface area contributed by atoms with E-state index in [0.29, 0.717) is 10.7 Å². The van der Waals surface area contributed by atoms with Crippen LogP contribution in [0.1, 0.15) is 16.1 Å². The lowest BCUT2D eigenvalue weighted by Gasteiger charge is -2.09. The number of benzene rings is 1. The number of hydrogen-bond donors (Lipinski definition) is 2. The number of halogens is 1. The molecule has 1 heterocycles. The third-order valence-electron chi connectivity index (χ3n) is 2.94. The highest BCUT2D eigenvalue weighted by atomic mass is 35.5. The van der Waals surface area contributed by atoms with E-state index in [1.165, 1.54) is 0 Å². The van der Waals surface area contributed by atoms with E-state index in [-0.39, 0.29) is 13.2 Å². The zero-order valence-electron chi connectivity index (χ0n) is 12.0. The molecule has 1 aromatic carbocycles. The first-order valence-corrected chi connectivity index (χ1v) is 6.97. The van der Waals surface area contributed by atoms with Crippen LogP contribution in [0.2, 0.25) is 5.02 Å². The van der Waals surface area contributed by atoms with E-state index in [1.807, 2.05) is 18.2 Å². The monoisotopic (exact) mass is 321 g/mol. The molecule has 0 bridgehead atoms. The first-order chi connectivity index (χ1) is 10.6. The van der Waals surface area contributed by atoms with Gasteiger partial charge in [-0.25, -0.2) is 0 Å². The summed E-state index contributed by atoms with van der Waals surface area (Å²) in [5.41, 5.74) is 5.85. The Morgan fingerprint density at radius 1 is 1.18 bits per heavy atom. The van der Waals surface area contributed by atoms with Gasteiger partial charge in [-0.1, -0.05) is 29.8 Å². The average Bonchev–Trinajstić information content (AvgIpc) is 2.93. The summed E-state index contributed by atoms with van der Waals surface area (Å²) in [7, 11) is 1.74. The summed E-state index contributed by atoms with van der Waals surface area (Å²) in [6.07, 6.45) is 1.74. The predicted octanol–water partition coefficient (Wildman–Crippen LogP) is 1.66. The van der Waals surface area contributed by atoms with Crippen LogP contribution < -0.4 is 10.9 Å². The molecule has 0 spiro atoms. The Morgan fingerprint density at radius 2 is 1.95 bits per heavy atom. The molecular weight excluding hydrogens is 306 g/mol. The Hall–Kier alpha value is -2.31. The van der Waals surface area contributed by atoms with Crippen molar-refractivity contribution in [2.45, 2.75) is 6.61 Å². The van der Waals surface area contributed by atoms with Gasteiger partial charge in [0.25, 0.3) is 11.8 Å². The molecular formula is C15H16ClN3O3. The van der Waals surface area contributed by atoms with Crippen molar-refractivity contribution in [2.24, 2.45) is 7.05 Å². The number of amides is 2. The zero-order valence-corrected chi connectivity index (χ0v) is 12.8. The number of rotatable bonds is 5. The molecule has 0 fully saturated rings. The molecule has 22 heavy (non-hydrogen) atoms. The van der Waals surface area contributed by atoms with Crippen LogP contribution in [0.25, 0.3) is 0 Å². The molecule has 1 aromatic heterocycles. The van der Waals surface area contributed by atoms with Crippen molar-refractivity contribution >= 4 is 23.4 Å². The van der Waals surface area contributed by atoms with Gasteiger partial charge in [0.1, 0.15) is 12.3 Å². The third kappa shape index (κ3) is 4.34. The Balaban J connectivity index is 1.71. The van der Waals surface area contributed by atoms with E-state index in [9.17, 15) is 9.59 Å². The second-order valence-electron chi connectivity index (χ2n) is 4.59. The summed E-state index contributed by atoms with van der Waals surface area (Å²) >= 11 is 5.97. The van der Waals surface area contributed by atoms with Gasteiger partial charge in [0, 0.05) is 18.3 Å². The van der Waals surface area contributed by atoms with Crippen LogP contribution in [0.3, 0.4) is 0 Å². The van der Waals surface area contributed by atoms with E-state index in [2.05, 4.69) is 10.9 Å². The fourth-order valence-corrected chi connectivity index (χ4v) is 1.98. The molecule has 2 aromatic rings. The van der Waals surface area contributed by atoms with Crippen molar-refractivity contribution in [3.05, 3.63) is 58.9 Å². The first-order valence-electron chi connectivity index (χ1n) is 6.59. The lowest BCUT2D eigenvalue weighted by Crippen LogP contribution is -2.43. The highest BCUT2D eigenvalue weighted by Crippen LogP contribution is 2.15.